The van der Waals surface area contributed by atoms with Crippen molar-refractivity contribution >= 4 is 33.1 Å². The number of ketones is 2. The average Bonchev–Trinajstić information content (AvgIpc) is 2.95. The molecule has 0 aliphatic heterocycles. The van der Waals surface area contributed by atoms with Gasteiger partial charge in [-0.25, -0.2) is 0 Å². The average molecular weight is 466 g/mol. The van der Waals surface area contributed by atoms with Crippen molar-refractivity contribution in [2.45, 2.75) is 34.6 Å². The topological polar surface area (TPSA) is 59.3 Å². The lowest BCUT2D eigenvalue weighted by atomic mass is 9.92. The first-order chi connectivity index (χ1) is 14.1. The highest BCUT2D eigenvalue weighted by Crippen LogP contribution is 2.40. The van der Waals surface area contributed by atoms with E-state index in [1.54, 1.807) is 0 Å². The minimum Gasteiger partial charge on any atom is -0.512 e. The SMILES string of the molecule is CC(=O)C(=C(C)O)c1c(C(C)=O)c(C)n(-c2ccc(C)cc2)c1-c1ccc(Br)cc1. The standard InChI is InChI=1S/C25H24BrNO3/c1-14-6-12-21(13-7-14)27-15(2)22(16(3)28)24(23(17(4)29)18(5)30)25(27)19-8-10-20(26)11-9-19/h6-13,29H,1-5H3. The second kappa shape index (κ2) is 8.44. The second-order valence-electron chi connectivity index (χ2n) is 7.43. The largest absolute Gasteiger partial charge is 0.512 e. The third kappa shape index (κ3) is 3.90. The van der Waals surface area contributed by atoms with Gasteiger partial charge in [0.25, 0.3) is 0 Å². The molecule has 0 aliphatic carbocycles. The van der Waals surface area contributed by atoms with Crippen LogP contribution < -0.4 is 0 Å². The highest BCUT2D eigenvalue weighted by molar-refractivity contribution is 9.10. The fraction of sp³-hybridized carbons (Fsp3) is 0.200. The molecule has 0 radical (unpaired) electrons. The Labute approximate surface area is 185 Å². The molecule has 0 unspecified atom stereocenters. The molecule has 1 heterocycles. The monoisotopic (exact) mass is 465 g/mol. The number of aliphatic hydroxyl groups excluding tert-OH is 1. The van der Waals surface area contributed by atoms with Crippen molar-refractivity contribution in [1.29, 1.82) is 0 Å². The molecule has 0 aliphatic rings. The molecule has 154 valence electrons. The normalized spacial score (nSPS) is 11.9. The first kappa shape index (κ1) is 21.8. The van der Waals surface area contributed by atoms with Gasteiger partial charge in [-0.2, -0.15) is 0 Å². The van der Waals surface area contributed by atoms with E-state index in [1.165, 1.54) is 20.8 Å². The lowest BCUT2D eigenvalue weighted by Crippen LogP contribution is -2.06. The van der Waals surface area contributed by atoms with Crippen LogP contribution in [0.15, 0.2) is 58.8 Å². The minimum absolute atomic E-state index is 0.107. The Bertz CT molecular complexity index is 1160. The van der Waals surface area contributed by atoms with E-state index >= 15 is 0 Å². The van der Waals surface area contributed by atoms with E-state index in [0.717, 1.165) is 27.0 Å². The van der Waals surface area contributed by atoms with Crippen LogP contribution in [0.3, 0.4) is 0 Å². The lowest BCUT2D eigenvalue weighted by Gasteiger charge is -2.15. The van der Waals surface area contributed by atoms with Crippen molar-refractivity contribution in [2.24, 2.45) is 0 Å². The number of benzene rings is 2. The number of carbonyl (C=O) groups is 2. The highest BCUT2D eigenvalue weighted by atomic mass is 79.9. The number of allylic oxidation sites excluding steroid dienone is 2. The number of hydrogen-bond acceptors (Lipinski definition) is 3. The number of aromatic nitrogens is 1. The number of nitrogens with zero attached hydrogens (tertiary/aromatic N) is 1. The Morgan fingerprint density at radius 2 is 1.43 bits per heavy atom. The molecule has 0 spiro atoms. The van der Waals surface area contributed by atoms with E-state index in [4.69, 9.17) is 0 Å². The predicted molar refractivity (Wildman–Crippen MR) is 124 cm³/mol. The summed E-state index contributed by atoms with van der Waals surface area (Å²) in [6, 6.07) is 15.7. The summed E-state index contributed by atoms with van der Waals surface area (Å²) in [7, 11) is 0. The number of halogens is 1. The van der Waals surface area contributed by atoms with Crippen LogP contribution in [0.4, 0.5) is 0 Å². The Morgan fingerprint density at radius 3 is 1.90 bits per heavy atom. The molecule has 0 fully saturated rings. The summed E-state index contributed by atoms with van der Waals surface area (Å²) in [4.78, 5) is 25.3. The van der Waals surface area contributed by atoms with Crippen LogP contribution in [0.2, 0.25) is 0 Å². The van der Waals surface area contributed by atoms with Gasteiger partial charge in [0.1, 0.15) is 5.76 Å². The zero-order valence-corrected chi connectivity index (χ0v) is 19.3. The number of aliphatic hydroxyl groups is 1. The van der Waals surface area contributed by atoms with Gasteiger partial charge in [-0.1, -0.05) is 45.8 Å². The predicted octanol–water partition coefficient (Wildman–Crippen LogP) is 6.60. The van der Waals surface area contributed by atoms with E-state index < -0.39 is 0 Å². The summed E-state index contributed by atoms with van der Waals surface area (Å²) >= 11 is 3.46. The molecule has 4 nitrogen and oxygen atoms in total. The second-order valence-corrected chi connectivity index (χ2v) is 8.35. The third-order valence-electron chi connectivity index (χ3n) is 5.13. The Hall–Kier alpha value is -2.92. The molecule has 30 heavy (non-hydrogen) atoms. The van der Waals surface area contributed by atoms with E-state index in [2.05, 4.69) is 15.9 Å². The van der Waals surface area contributed by atoms with Crippen LogP contribution >= 0.6 is 15.9 Å². The van der Waals surface area contributed by atoms with Gasteiger partial charge >= 0.3 is 0 Å². The van der Waals surface area contributed by atoms with Crippen LogP contribution in [0.1, 0.15) is 48.0 Å². The molecular weight excluding hydrogens is 442 g/mol. The Kier molecular flexibility index (Phi) is 6.13. The molecule has 0 atom stereocenters. The molecule has 0 saturated carbocycles. The molecule has 3 rings (SSSR count). The molecule has 1 aromatic heterocycles. The summed E-state index contributed by atoms with van der Waals surface area (Å²) in [6.07, 6.45) is 0. The molecule has 3 aromatic rings. The van der Waals surface area contributed by atoms with E-state index in [-0.39, 0.29) is 22.9 Å². The summed E-state index contributed by atoms with van der Waals surface area (Å²) in [5, 5.41) is 10.4. The quantitative estimate of drug-likeness (QED) is 0.262. The van der Waals surface area contributed by atoms with Gasteiger partial charge in [0.15, 0.2) is 11.6 Å². The maximum atomic E-state index is 12.7. The van der Waals surface area contributed by atoms with Gasteiger partial charge in [0.2, 0.25) is 0 Å². The smallest absolute Gasteiger partial charge is 0.163 e. The van der Waals surface area contributed by atoms with Gasteiger partial charge in [0.05, 0.1) is 11.3 Å². The third-order valence-corrected chi connectivity index (χ3v) is 5.66. The fourth-order valence-corrected chi connectivity index (χ4v) is 4.14. The van der Waals surface area contributed by atoms with Crippen molar-refractivity contribution < 1.29 is 14.7 Å². The molecule has 0 bridgehead atoms. The summed E-state index contributed by atoms with van der Waals surface area (Å²) in [6.45, 7) is 8.25. The first-order valence-electron chi connectivity index (χ1n) is 9.63. The maximum absolute atomic E-state index is 12.7. The highest BCUT2D eigenvalue weighted by Gasteiger charge is 2.30. The molecule has 0 saturated heterocycles. The maximum Gasteiger partial charge on any atom is 0.163 e. The molecule has 2 aromatic carbocycles. The van der Waals surface area contributed by atoms with Crippen LogP contribution in [-0.2, 0) is 4.79 Å². The van der Waals surface area contributed by atoms with Gasteiger partial charge in [-0.3, -0.25) is 9.59 Å². The summed E-state index contributed by atoms with van der Waals surface area (Å²) in [5.74, 6) is -0.562. The van der Waals surface area contributed by atoms with Gasteiger partial charge in [-0.15, -0.1) is 0 Å². The van der Waals surface area contributed by atoms with E-state index in [9.17, 15) is 14.7 Å². The Balaban J connectivity index is 2.55. The van der Waals surface area contributed by atoms with Gasteiger partial charge < -0.3 is 9.67 Å². The lowest BCUT2D eigenvalue weighted by molar-refractivity contribution is -0.111. The van der Waals surface area contributed by atoms with E-state index in [1.807, 2.05) is 66.9 Å². The van der Waals surface area contributed by atoms with Crippen molar-refractivity contribution in [3.63, 3.8) is 0 Å². The van der Waals surface area contributed by atoms with Crippen LogP contribution in [0.25, 0.3) is 22.5 Å². The van der Waals surface area contributed by atoms with Crippen molar-refractivity contribution in [1.82, 2.24) is 4.57 Å². The van der Waals surface area contributed by atoms with Crippen LogP contribution in [-0.4, -0.2) is 21.2 Å². The van der Waals surface area contributed by atoms with Crippen molar-refractivity contribution in [2.75, 3.05) is 0 Å². The number of rotatable bonds is 5. The summed E-state index contributed by atoms with van der Waals surface area (Å²) in [5.41, 5.74) is 5.32. The van der Waals surface area contributed by atoms with Crippen LogP contribution in [0.5, 0.6) is 0 Å². The van der Waals surface area contributed by atoms with E-state index in [0.29, 0.717) is 16.8 Å². The number of hydrogen-bond donors (Lipinski definition) is 1. The number of aryl methyl sites for hydroxylation is 1. The minimum atomic E-state index is -0.295. The van der Waals surface area contributed by atoms with Crippen molar-refractivity contribution in [3.8, 4) is 16.9 Å². The number of Topliss-reactive ketones (excluding diaryl/α,β-unsaturated/α-hetero) is 2. The van der Waals surface area contributed by atoms with Gasteiger partial charge in [0, 0.05) is 27.0 Å². The number of carbonyl (C=O) groups excluding carboxylic acids is 2. The molecular formula is C25H24BrNO3. The first-order valence-corrected chi connectivity index (χ1v) is 10.4. The van der Waals surface area contributed by atoms with Gasteiger partial charge in [-0.05, 0) is 64.4 Å². The molecule has 0 amide bonds. The molecule has 5 heteroatoms. The zero-order valence-electron chi connectivity index (χ0n) is 17.7. The molecule has 1 N–H and O–H groups in total. The fourth-order valence-electron chi connectivity index (χ4n) is 3.87. The zero-order chi connectivity index (χ0) is 22.2. The summed E-state index contributed by atoms with van der Waals surface area (Å²) < 4.78 is 2.91. The Morgan fingerprint density at radius 1 is 0.867 bits per heavy atom. The van der Waals surface area contributed by atoms with Crippen LogP contribution in [0, 0.1) is 13.8 Å². The van der Waals surface area contributed by atoms with Crippen molar-refractivity contribution in [3.05, 3.63) is 81.1 Å².